The van der Waals surface area contributed by atoms with Gasteiger partial charge in [0.05, 0.1) is 12.4 Å². The summed E-state index contributed by atoms with van der Waals surface area (Å²) in [5, 5.41) is 9.66. The van der Waals surface area contributed by atoms with Crippen LogP contribution >= 0.6 is 0 Å². The average molecular weight is 319 g/mol. The fourth-order valence-electron chi connectivity index (χ4n) is 2.99. The van der Waals surface area contributed by atoms with Crippen molar-refractivity contribution in [3.8, 4) is 0 Å². The Morgan fingerprint density at radius 1 is 0.917 bits per heavy atom. The van der Waals surface area contributed by atoms with Gasteiger partial charge in [-0.3, -0.25) is 4.79 Å². The molecule has 0 spiro atoms. The van der Waals surface area contributed by atoms with Crippen LogP contribution in [-0.4, -0.2) is 52.2 Å². The third-order valence-corrected chi connectivity index (χ3v) is 4.33. The molecule has 1 saturated heterocycles. The van der Waals surface area contributed by atoms with E-state index in [1.54, 1.807) is 18.6 Å². The maximum Gasteiger partial charge on any atom is 0.253 e. The number of rotatable bonds is 2. The summed E-state index contributed by atoms with van der Waals surface area (Å²) in [5.74, 6) is 1.03. The van der Waals surface area contributed by atoms with Crippen molar-refractivity contribution in [3.05, 3.63) is 60.6 Å². The second kappa shape index (κ2) is 6.23. The number of anilines is 1. The molecule has 0 radical (unpaired) electrons. The number of aromatic nitrogens is 3. The summed E-state index contributed by atoms with van der Waals surface area (Å²) in [7, 11) is 0. The van der Waals surface area contributed by atoms with E-state index in [4.69, 9.17) is 0 Å². The van der Waals surface area contributed by atoms with Gasteiger partial charge in [-0.05, 0) is 24.3 Å². The van der Waals surface area contributed by atoms with Crippen LogP contribution in [0, 0.1) is 0 Å². The molecule has 6 nitrogen and oxygen atoms in total. The third-order valence-electron chi connectivity index (χ3n) is 4.33. The lowest BCUT2D eigenvalue weighted by molar-refractivity contribution is 0.0746. The van der Waals surface area contributed by atoms with Gasteiger partial charge in [-0.2, -0.15) is 10.2 Å². The number of carbonyl (C=O) groups excluding carboxylic acids is 1. The molecule has 3 heterocycles. The molecule has 0 saturated carbocycles. The van der Waals surface area contributed by atoms with Crippen LogP contribution in [0.5, 0.6) is 0 Å². The molecule has 1 amide bonds. The fraction of sp³-hybridized carbons (Fsp3) is 0.222. The van der Waals surface area contributed by atoms with Crippen molar-refractivity contribution in [1.82, 2.24) is 20.1 Å². The number of hydrogen-bond donors (Lipinski definition) is 0. The molecule has 1 fully saturated rings. The van der Waals surface area contributed by atoms with Gasteiger partial charge in [0.1, 0.15) is 5.82 Å². The summed E-state index contributed by atoms with van der Waals surface area (Å²) in [5.41, 5.74) is 0.696. The zero-order valence-electron chi connectivity index (χ0n) is 13.2. The van der Waals surface area contributed by atoms with Crippen LogP contribution in [-0.2, 0) is 0 Å². The Bertz CT molecular complexity index is 859. The van der Waals surface area contributed by atoms with Crippen LogP contribution in [0.25, 0.3) is 10.8 Å². The summed E-state index contributed by atoms with van der Waals surface area (Å²) in [4.78, 5) is 21.2. The van der Waals surface area contributed by atoms with Crippen LogP contribution < -0.4 is 4.90 Å². The summed E-state index contributed by atoms with van der Waals surface area (Å²) < 4.78 is 0. The fourth-order valence-corrected chi connectivity index (χ4v) is 2.99. The predicted octanol–water partition coefficient (Wildman–Crippen LogP) is 1.99. The van der Waals surface area contributed by atoms with Crippen molar-refractivity contribution < 1.29 is 4.79 Å². The first kappa shape index (κ1) is 14.6. The van der Waals surface area contributed by atoms with E-state index in [-0.39, 0.29) is 5.91 Å². The first-order valence-electron chi connectivity index (χ1n) is 7.97. The Kier molecular flexibility index (Phi) is 3.78. The monoisotopic (exact) mass is 319 g/mol. The predicted molar refractivity (Wildman–Crippen MR) is 91.9 cm³/mol. The maximum absolute atomic E-state index is 12.7. The van der Waals surface area contributed by atoms with Gasteiger partial charge >= 0.3 is 0 Å². The van der Waals surface area contributed by atoms with E-state index >= 15 is 0 Å². The minimum absolute atomic E-state index is 0.0642. The maximum atomic E-state index is 12.7. The van der Waals surface area contributed by atoms with Crippen molar-refractivity contribution in [2.75, 3.05) is 31.1 Å². The Labute approximate surface area is 139 Å². The van der Waals surface area contributed by atoms with Crippen molar-refractivity contribution in [2.45, 2.75) is 0 Å². The molecule has 0 unspecified atom stereocenters. The molecule has 2 aromatic heterocycles. The summed E-state index contributed by atoms with van der Waals surface area (Å²) >= 11 is 0. The van der Waals surface area contributed by atoms with Gasteiger partial charge in [0, 0.05) is 48.7 Å². The Morgan fingerprint density at radius 2 is 1.71 bits per heavy atom. The molecular formula is C18H17N5O. The van der Waals surface area contributed by atoms with Gasteiger partial charge in [-0.15, -0.1) is 0 Å². The minimum atomic E-state index is 0.0642. The Hall–Kier alpha value is -3.02. The van der Waals surface area contributed by atoms with Gasteiger partial charge in [0.15, 0.2) is 0 Å². The van der Waals surface area contributed by atoms with Gasteiger partial charge in [0.25, 0.3) is 5.91 Å². The third kappa shape index (κ3) is 2.78. The van der Waals surface area contributed by atoms with Crippen molar-refractivity contribution in [3.63, 3.8) is 0 Å². The zero-order valence-corrected chi connectivity index (χ0v) is 13.2. The first-order valence-corrected chi connectivity index (χ1v) is 7.97. The lowest BCUT2D eigenvalue weighted by atomic mass is 10.1. The highest BCUT2D eigenvalue weighted by molar-refractivity contribution is 5.98. The van der Waals surface area contributed by atoms with Crippen molar-refractivity contribution >= 4 is 22.5 Å². The van der Waals surface area contributed by atoms with E-state index in [9.17, 15) is 4.79 Å². The largest absolute Gasteiger partial charge is 0.353 e. The molecule has 6 heteroatoms. The highest BCUT2D eigenvalue weighted by Crippen LogP contribution is 2.17. The number of fused-ring (bicyclic) bond motifs is 1. The number of benzene rings is 1. The van der Waals surface area contributed by atoms with Crippen LogP contribution in [0.2, 0.25) is 0 Å². The standard InChI is InChI=1S/C18H17N5O/c24-18(14-4-5-15-12-20-21-13-16(15)11-14)23-9-7-22(8-10-23)17-3-1-2-6-19-17/h1-6,11-13H,7-10H2. The molecule has 4 rings (SSSR count). The first-order chi connectivity index (χ1) is 11.8. The number of nitrogens with zero attached hydrogens (tertiary/aromatic N) is 5. The Balaban J connectivity index is 1.47. The van der Waals surface area contributed by atoms with Gasteiger partial charge in [-0.1, -0.05) is 12.1 Å². The quantitative estimate of drug-likeness (QED) is 0.723. The lowest BCUT2D eigenvalue weighted by Gasteiger charge is -2.35. The molecule has 1 aliphatic heterocycles. The van der Waals surface area contributed by atoms with Gasteiger partial charge in [0.2, 0.25) is 0 Å². The number of amides is 1. The van der Waals surface area contributed by atoms with Crippen molar-refractivity contribution in [1.29, 1.82) is 0 Å². The molecule has 120 valence electrons. The zero-order chi connectivity index (χ0) is 16.4. The number of carbonyl (C=O) groups is 1. The summed E-state index contributed by atoms with van der Waals surface area (Å²) in [6, 6.07) is 11.6. The lowest BCUT2D eigenvalue weighted by Crippen LogP contribution is -2.49. The minimum Gasteiger partial charge on any atom is -0.353 e. The summed E-state index contributed by atoms with van der Waals surface area (Å²) in [6.45, 7) is 2.98. The molecule has 1 aliphatic rings. The van der Waals surface area contributed by atoms with E-state index in [0.29, 0.717) is 18.7 Å². The SMILES string of the molecule is O=C(c1ccc2cnncc2c1)N1CCN(c2ccccn2)CC1. The number of hydrogen-bond acceptors (Lipinski definition) is 5. The van der Waals surface area contributed by atoms with Gasteiger partial charge in [-0.25, -0.2) is 4.98 Å². The highest BCUT2D eigenvalue weighted by atomic mass is 16.2. The topological polar surface area (TPSA) is 62.2 Å². The molecule has 24 heavy (non-hydrogen) atoms. The van der Waals surface area contributed by atoms with E-state index < -0.39 is 0 Å². The molecule has 0 N–H and O–H groups in total. The molecule has 0 atom stereocenters. The number of piperazine rings is 1. The van der Waals surface area contributed by atoms with E-state index in [0.717, 1.165) is 29.7 Å². The number of pyridine rings is 1. The molecular weight excluding hydrogens is 302 g/mol. The van der Waals surface area contributed by atoms with Crippen molar-refractivity contribution in [2.24, 2.45) is 0 Å². The smallest absolute Gasteiger partial charge is 0.253 e. The average Bonchev–Trinajstić information content (AvgIpc) is 2.68. The molecule has 0 aliphatic carbocycles. The van der Waals surface area contributed by atoms with E-state index in [1.165, 1.54) is 0 Å². The van der Waals surface area contributed by atoms with Gasteiger partial charge < -0.3 is 9.80 Å². The van der Waals surface area contributed by atoms with Crippen LogP contribution in [0.3, 0.4) is 0 Å². The van der Waals surface area contributed by atoms with E-state index in [2.05, 4.69) is 20.1 Å². The molecule has 0 bridgehead atoms. The second-order valence-corrected chi connectivity index (χ2v) is 5.80. The van der Waals surface area contributed by atoms with Crippen LogP contribution in [0.1, 0.15) is 10.4 Å². The second-order valence-electron chi connectivity index (χ2n) is 5.80. The molecule has 3 aromatic rings. The van der Waals surface area contributed by atoms with E-state index in [1.807, 2.05) is 41.3 Å². The van der Waals surface area contributed by atoms with Crippen LogP contribution in [0.15, 0.2) is 55.0 Å². The van der Waals surface area contributed by atoms with Crippen LogP contribution in [0.4, 0.5) is 5.82 Å². The normalized spacial score (nSPS) is 14.8. The molecule has 1 aromatic carbocycles. The Morgan fingerprint density at radius 3 is 2.46 bits per heavy atom. The highest BCUT2D eigenvalue weighted by Gasteiger charge is 2.22. The summed E-state index contributed by atoms with van der Waals surface area (Å²) in [6.07, 6.45) is 5.19.